The molecule has 20 heavy (non-hydrogen) atoms. The Hall–Kier alpha value is -0.0100. The lowest BCUT2D eigenvalue weighted by Crippen LogP contribution is -2.35. The summed E-state index contributed by atoms with van der Waals surface area (Å²) >= 11 is 9.77. The molecule has 0 aromatic heterocycles. The van der Waals surface area contributed by atoms with Gasteiger partial charge in [-0.15, -0.1) is 0 Å². The van der Waals surface area contributed by atoms with Crippen molar-refractivity contribution < 1.29 is 0 Å². The third-order valence-corrected chi connectivity index (χ3v) is 6.49. The summed E-state index contributed by atoms with van der Waals surface area (Å²) in [6.07, 6.45) is 6.57. The summed E-state index contributed by atoms with van der Waals surface area (Å²) in [6.45, 7) is 7.16. The molecular formula is C18H26BrCl. The van der Waals surface area contributed by atoms with Gasteiger partial charge in [-0.05, 0) is 66.5 Å². The first-order chi connectivity index (χ1) is 9.35. The van der Waals surface area contributed by atoms with Crippen molar-refractivity contribution in [2.75, 3.05) is 5.33 Å². The first kappa shape index (κ1) is 16.4. The Morgan fingerprint density at radius 1 is 1.15 bits per heavy atom. The van der Waals surface area contributed by atoms with Crippen LogP contribution in [0.4, 0.5) is 0 Å². The van der Waals surface area contributed by atoms with E-state index in [1.807, 2.05) is 12.1 Å². The van der Waals surface area contributed by atoms with Crippen molar-refractivity contribution in [3.05, 3.63) is 34.9 Å². The molecule has 0 N–H and O–H groups in total. The number of alkyl halides is 1. The molecule has 1 aliphatic rings. The smallest absolute Gasteiger partial charge is 0.0406 e. The van der Waals surface area contributed by atoms with Gasteiger partial charge in [-0.3, -0.25) is 0 Å². The molecule has 0 radical (unpaired) electrons. The minimum absolute atomic E-state index is 0.440. The predicted octanol–water partition coefficient (Wildman–Crippen LogP) is 6.50. The Balaban J connectivity index is 2.03. The van der Waals surface area contributed by atoms with Crippen molar-refractivity contribution in [1.29, 1.82) is 0 Å². The van der Waals surface area contributed by atoms with Crippen molar-refractivity contribution in [2.45, 2.75) is 52.9 Å². The van der Waals surface area contributed by atoms with Crippen LogP contribution < -0.4 is 0 Å². The third kappa shape index (κ3) is 4.01. The predicted molar refractivity (Wildman–Crippen MR) is 92.8 cm³/mol. The number of benzene rings is 1. The maximum Gasteiger partial charge on any atom is 0.0406 e. The molecule has 0 unspecified atom stereocenters. The quantitative estimate of drug-likeness (QED) is 0.541. The van der Waals surface area contributed by atoms with Gasteiger partial charge in [0.05, 0.1) is 0 Å². The standard InChI is InChI=1S/C18H26BrCl/c1-17(2,3)15-8-10-18(13-19,11-9-15)12-14-4-6-16(20)7-5-14/h4-7,15H,8-13H2,1-3H3. The largest absolute Gasteiger partial charge is 0.0922 e. The summed E-state index contributed by atoms with van der Waals surface area (Å²) in [7, 11) is 0. The summed E-state index contributed by atoms with van der Waals surface area (Å²) in [4.78, 5) is 0. The fourth-order valence-corrected chi connectivity index (χ4v) is 4.37. The number of hydrogen-bond acceptors (Lipinski definition) is 0. The molecule has 0 saturated heterocycles. The molecule has 0 nitrogen and oxygen atoms in total. The van der Waals surface area contributed by atoms with Crippen molar-refractivity contribution in [3.8, 4) is 0 Å². The zero-order chi connectivity index (χ0) is 14.8. The van der Waals surface area contributed by atoms with Crippen molar-refractivity contribution >= 4 is 27.5 Å². The van der Waals surface area contributed by atoms with Crippen LogP contribution in [0.15, 0.2) is 24.3 Å². The van der Waals surface area contributed by atoms with Crippen LogP contribution in [0.3, 0.4) is 0 Å². The number of hydrogen-bond donors (Lipinski definition) is 0. The molecule has 0 amide bonds. The molecule has 112 valence electrons. The third-order valence-electron chi connectivity index (χ3n) is 5.05. The molecule has 0 aliphatic heterocycles. The molecule has 1 saturated carbocycles. The van der Waals surface area contributed by atoms with Gasteiger partial charge in [0, 0.05) is 10.4 Å². The van der Waals surface area contributed by atoms with E-state index in [9.17, 15) is 0 Å². The van der Waals surface area contributed by atoms with E-state index >= 15 is 0 Å². The van der Waals surface area contributed by atoms with Gasteiger partial charge in [0.25, 0.3) is 0 Å². The van der Waals surface area contributed by atoms with E-state index in [0.717, 1.165) is 16.3 Å². The van der Waals surface area contributed by atoms with E-state index in [2.05, 4.69) is 48.8 Å². The molecule has 1 fully saturated rings. The van der Waals surface area contributed by atoms with Crippen LogP contribution >= 0.6 is 27.5 Å². The second-order valence-corrected chi connectivity index (χ2v) is 8.57. The van der Waals surface area contributed by atoms with E-state index in [4.69, 9.17) is 11.6 Å². The molecule has 0 heterocycles. The first-order valence-electron chi connectivity index (χ1n) is 7.65. The summed E-state index contributed by atoms with van der Waals surface area (Å²) in [5.41, 5.74) is 2.32. The van der Waals surface area contributed by atoms with Crippen LogP contribution in [0.1, 0.15) is 52.0 Å². The molecule has 0 bridgehead atoms. The Bertz CT molecular complexity index is 422. The Labute approximate surface area is 137 Å². The second kappa shape index (κ2) is 6.40. The highest BCUT2D eigenvalue weighted by molar-refractivity contribution is 9.09. The van der Waals surface area contributed by atoms with E-state index in [1.165, 1.54) is 37.7 Å². The van der Waals surface area contributed by atoms with Crippen LogP contribution in [0.25, 0.3) is 0 Å². The maximum atomic E-state index is 5.98. The molecule has 2 heteroatoms. The minimum atomic E-state index is 0.440. The molecule has 1 aromatic rings. The fourth-order valence-electron chi connectivity index (χ4n) is 3.49. The number of rotatable bonds is 3. The monoisotopic (exact) mass is 356 g/mol. The van der Waals surface area contributed by atoms with Gasteiger partial charge in [-0.1, -0.05) is 60.4 Å². The molecular weight excluding hydrogens is 332 g/mol. The molecule has 1 aliphatic carbocycles. The van der Waals surface area contributed by atoms with E-state index < -0.39 is 0 Å². The molecule has 1 aromatic carbocycles. The fraction of sp³-hybridized carbons (Fsp3) is 0.667. The maximum absolute atomic E-state index is 5.98. The lowest BCUT2D eigenvalue weighted by molar-refractivity contribution is 0.103. The van der Waals surface area contributed by atoms with Gasteiger partial charge in [0.1, 0.15) is 0 Å². The highest BCUT2D eigenvalue weighted by Crippen LogP contribution is 2.47. The van der Waals surface area contributed by atoms with Crippen molar-refractivity contribution in [3.63, 3.8) is 0 Å². The Morgan fingerprint density at radius 3 is 2.15 bits per heavy atom. The van der Waals surface area contributed by atoms with Crippen molar-refractivity contribution in [2.24, 2.45) is 16.7 Å². The topological polar surface area (TPSA) is 0 Å². The average molecular weight is 358 g/mol. The van der Waals surface area contributed by atoms with Crippen molar-refractivity contribution in [1.82, 2.24) is 0 Å². The SMILES string of the molecule is CC(C)(C)C1CCC(CBr)(Cc2ccc(Cl)cc2)CC1. The normalized spacial score (nSPS) is 27.6. The lowest BCUT2D eigenvalue weighted by Gasteiger charge is -2.43. The van der Waals surface area contributed by atoms with Crippen LogP contribution in [-0.4, -0.2) is 5.33 Å². The van der Waals surface area contributed by atoms with E-state index in [-0.39, 0.29) is 0 Å². The zero-order valence-electron chi connectivity index (χ0n) is 12.9. The van der Waals surface area contributed by atoms with Gasteiger partial charge in [0.2, 0.25) is 0 Å². The van der Waals surface area contributed by atoms with Gasteiger partial charge in [-0.25, -0.2) is 0 Å². The van der Waals surface area contributed by atoms with E-state index in [1.54, 1.807) is 0 Å². The number of halogens is 2. The highest BCUT2D eigenvalue weighted by atomic mass is 79.9. The van der Waals surface area contributed by atoms with Gasteiger partial charge in [-0.2, -0.15) is 0 Å². The molecule has 0 spiro atoms. The zero-order valence-corrected chi connectivity index (χ0v) is 15.2. The average Bonchev–Trinajstić information content (AvgIpc) is 2.41. The summed E-state index contributed by atoms with van der Waals surface area (Å²) in [6, 6.07) is 8.39. The molecule has 0 atom stereocenters. The highest BCUT2D eigenvalue weighted by Gasteiger charge is 2.38. The van der Waals surface area contributed by atoms with Gasteiger partial charge in [0.15, 0.2) is 0 Å². The van der Waals surface area contributed by atoms with Gasteiger partial charge >= 0.3 is 0 Å². The van der Waals surface area contributed by atoms with Crippen LogP contribution in [0.5, 0.6) is 0 Å². The molecule has 2 rings (SSSR count). The van der Waals surface area contributed by atoms with Gasteiger partial charge < -0.3 is 0 Å². The summed E-state index contributed by atoms with van der Waals surface area (Å²) in [5.74, 6) is 0.875. The van der Waals surface area contributed by atoms with Crippen LogP contribution in [0, 0.1) is 16.7 Å². The first-order valence-corrected chi connectivity index (χ1v) is 9.15. The second-order valence-electron chi connectivity index (χ2n) is 7.58. The summed E-state index contributed by atoms with van der Waals surface area (Å²) in [5, 5.41) is 1.94. The van der Waals surface area contributed by atoms with E-state index in [0.29, 0.717) is 10.8 Å². The van der Waals surface area contributed by atoms with Crippen LogP contribution in [-0.2, 0) is 6.42 Å². The Morgan fingerprint density at radius 2 is 1.70 bits per heavy atom. The Kier molecular flexibility index (Phi) is 5.24. The lowest BCUT2D eigenvalue weighted by atomic mass is 9.63. The summed E-state index contributed by atoms with van der Waals surface area (Å²) < 4.78 is 0. The minimum Gasteiger partial charge on any atom is -0.0922 e. The van der Waals surface area contributed by atoms with Crippen LogP contribution in [0.2, 0.25) is 5.02 Å².